The van der Waals surface area contributed by atoms with Gasteiger partial charge >= 0.3 is 39.5 Å². The third-order valence-corrected chi connectivity index (χ3v) is 18.8. The molecule has 0 radical (unpaired) electrons. The number of rotatable bonds is 73. The van der Waals surface area contributed by atoms with Crippen LogP contribution in [0.25, 0.3) is 0 Å². The number of carbonyl (C=O) groups is 4. The van der Waals surface area contributed by atoms with Crippen LogP contribution in [0.15, 0.2) is 0 Å². The first kappa shape index (κ1) is 89.1. The van der Waals surface area contributed by atoms with Crippen LogP contribution in [0.5, 0.6) is 0 Å². The standard InChI is InChI=1S/C72H140O17P2/c1-5-9-13-17-21-25-29-31-32-33-34-35-37-39-43-47-51-55-59-72(77)89-68(63-83-70(75)57-53-49-45-42-38-36-30-26-22-18-14-10-6-2)65-87-91(80,81)85-61-66(73)60-84-90(78,79)86-64-67(88-71(76)58-54-50-46-41-28-24-20-16-12-8-4)62-82-69(74)56-52-48-44-40-27-23-19-15-11-7-3/h66-68,73H,5-65H2,1-4H3,(H,78,79)(H,80,81)/t66-,67+,68+/m0/s1. The second-order valence-corrected chi connectivity index (χ2v) is 28.9. The SMILES string of the molecule is CCCCCCCCCCCCCCCCCCCCC(=O)O[C@H](COC(=O)CCCCCCCCCCCCCCC)COP(=O)(O)OC[C@@H](O)COP(=O)(O)OC[C@@H](COC(=O)CCCCCCCCCCCC)OC(=O)CCCCCCCCCCCC. The number of esters is 4. The quantitative estimate of drug-likeness (QED) is 0.0222. The molecule has 0 aliphatic rings. The van der Waals surface area contributed by atoms with E-state index in [2.05, 4.69) is 27.7 Å². The molecule has 0 saturated carbocycles. The van der Waals surface area contributed by atoms with E-state index in [-0.39, 0.29) is 25.7 Å². The molecular formula is C72H140O17P2. The molecule has 0 aromatic carbocycles. The number of aliphatic hydroxyl groups is 1. The van der Waals surface area contributed by atoms with Crippen molar-refractivity contribution in [3.63, 3.8) is 0 Å². The van der Waals surface area contributed by atoms with Gasteiger partial charge < -0.3 is 33.8 Å². The Morgan fingerprint density at radius 3 is 0.648 bits per heavy atom. The summed E-state index contributed by atoms with van der Waals surface area (Å²) in [7, 11) is -9.90. The largest absolute Gasteiger partial charge is 0.472 e. The van der Waals surface area contributed by atoms with Crippen LogP contribution in [0, 0.1) is 0 Å². The Morgan fingerprint density at radius 2 is 0.440 bits per heavy atom. The molecule has 0 bridgehead atoms. The van der Waals surface area contributed by atoms with Gasteiger partial charge in [0.15, 0.2) is 12.2 Å². The predicted octanol–water partition coefficient (Wildman–Crippen LogP) is 21.1. The van der Waals surface area contributed by atoms with Gasteiger partial charge in [-0.3, -0.25) is 37.3 Å². The van der Waals surface area contributed by atoms with E-state index in [1.807, 2.05) is 0 Å². The van der Waals surface area contributed by atoms with Crippen LogP contribution in [0.4, 0.5) is 0 Å². The fourth-order valence-electron chi connectivity index (χ4n) is 11.0. The average molecular weight is 1340 g/mol. The van der Waals surface area contributed by atoms with Crippen LogP contribution in [-0.2, 0) is 65.4 Å². The molecule has 0 aromatic heterocycles. The van der Waals surface area contributed by atoms with E-state index in [0.717, 1.165) is 89.9 Å². The van der Waals surface area contributed by atoms with E-state index in [1.54, 1.807) is 0 Å². The normalized spacial score (nSPS) is 14.0. The van der Waals surface area contributed by atoms with Crippen molar-refractivity contribution in [2.75, 3.05) is 39.6 Å². The molecule has 19 heteroatoms. The van der Waals surface area contributed by atoms with Crippen molar-refractivity contribution in [1.29, 1.82) is 0 Å². The van der Waals surface area contributed by atoms with Crippen LogP contribution < -0.4 is 0 Å². The van der Waals surface area contributed by atoms with Crippen molar-refractivity contribution in [2.45, 2.75) is 399 Å². The average Bonchev–Trinajstić information content (AvgIpc) is 2.37. The zero-order valence-corrected chi connectivity index (χ0v) is 60.6. The second-order valence-electron chi connectivity index (χ2n) is 26.0. The predicted molar refractivity (Wildman–Crippen MR) is 368 cm³/mol. The zero-order valence-electron chi connectivity index (χ0n) is 58.8. The monoisotopic (exact) mass is 1340 g/mol. The fraction of sp³-hybridized carbons (Fsp3) is 0.944. The summed E-state index contributed by atoms with van der Waals surface area (Å²) in [6.45, 7) is 4.95. The summed E-state index contributed by atoms with van der Waals surface area (Å²) in [5.41, 5.74) is 0. The molecule has 0 spiro atoms. The van der Waals surface area contributed by atoms with Crippen molar-refractivity contribution >= 4 is 39.5 Å². The Kier molecular flexibility index (Phi) is 65.2. The van der Waals surface area contributed by atoms with Gasteiger partial charge in [-0.05, 0) is 25.7 Å². The van der Waals surface area contributed by atoms with Crippen LogP contribution in [0.1, 0.15) is 381 Å². The molecule has 2 unspecified atom stereocenters. The molecule has 17 nitrogen and oxygen atoms in total. The van der Waals surface area contributed by atoms with E-state index in [0.29, 0.717) is 25.7 Å². The van der Waals surface area contributed by atoms with E-state index in [9.17, 15) is 43.2 Å². The minimum absolute atomic E-state index is 0.107. The lowest BCUT2D eigenvalue weighted by atomic mass is 10.0. The summed E-state index contributed by atoms with van der Waals surface area (Å²) >= 11 is 0. The van der Waals surface area contributed by atoms with Gasteiger partial charge in [0.25, 0.3) is 0 Å². The number of hydrogen-bond acceptors (Lipinski definition) is 15. The van der Waals surface area contributed by atoms with Gasteiger partial charge in [-0.2, -0.15) is 0 Å². The summed E-state index contributed by atoms with van der Waals surface area (Å²) in [6.07, 6.45) is 55.4. The van der Waals surface area contributed by atoms with E-state index < -0.39 is 97.5 Å². The smallest absolute Gasteiger partial charge is 0.462 e. The first-order chi connectivity index (χ1) is 44.2. The summed E-state index contributed by atoms with van der Waals surface area (Å²) in [4.78, 5) is 72.6. The fourth-order valence-corrected chi connectivity index (χ4v) is 12.6. The summed E-state index contributed by atoms with van der Waals surface area (Å²) < 4.78 is 68.3. The molecule has 0 aliphatic carbocycles. The van der Waals surface area contributed by atoms with Crippen molar-refractivity contribution in [3.8, 4) is 0 Å². The minimum Gasteiger partial charge on any atom is -0.462 e. The Labute approximate surface area is 556 Å². The van der Waals surface area contributed by atoms with E-state index >= 15 is 0 Å². The van der Waals surface area contributed by atoms with Gasteiger partial charge in [0.2, 0.25) is 0 Å². The molecule has 91 heavy (non-hydrogen) atoms. The highest BCUT2D eigenvalue weighted by Gasteiger charge is 2.30. The van der Waals surface area contributed by atoms with Crippen molar-refractivity contribution < 1.29 is 80.2 Å². The Bertz CT molecular complexity index is 1740. The van der Waals surface area contributed by atoms with E-state index in [1.165, 1.54) is 212 Å². The lowest BCUT2D eigenvalue weighted by Gasteiger charge is -2.21. The maximum Gasteiger partial charge on any atom is 0.472 e. The van der Waals surface area contributed by atoms with Gasteiger partial charge in [0, 0.05) is 25.7 Å². The van der Waals surface area contributed by atoms with Gasteiger partial charge in [0.05, 0.1) is 26.4 Å². The second kappa shape index (κ2) is 66.7. The number of ether oxygens (including phenoxy) is 4. The zero-order chi connectivity index (χ0) is 66.8. The lowest BCUT2D eigenvalue weighted by molar-refractivity contribution is -0.161. The lowest BCUT2D eigenvalue weighted by Crippen LogP contribution is -2.30. The molecular weight excluding hydrogens is 1200 g/mol. The Balaban J connectivity index is 5.21. The first-order valence-corrected chi connectivity index (χ1v) is 40.8. The molecule has 0 aromatic rings. The van der Waals surface area contributed by atoms with E-state index in [4.69, 9.17) is 37.0 Å². The highest BCUT2D eigenvalue weighted by atomic mass is 31.2. The van der Waals surface area contributed by atoms with Crippen molar-refractivity contribution in [2.24, 2.45) is 0 Å². The summed E-state index contributed by atoms with van der Waals surface area (Å²) in [5.74, 6) is -2.12. The highest BCUT2D eigenvalue weighted by molar-refractivity contribution is 7.47. The number of hydrogen-bond donors (Lipinski definition) is 3. The third-order valence-electron chi connectivity index (χ3n) is 16.9. The number of phosphoric acid groups is 2. The summed E-state index contributed by atoms with van der Waals surface area (Å²) in [6, 6.07) is 0. The van der Waals surface area contributed by atoms with Gasteiger partial charge in [-0.1, -0.05) is 329 Å². The van der Waals surface area contributed by atoms with Crippen molar-refractivity contribution in [3.05, 3.63) is 0 Å². The summed E-state index contributed by atoms with van der Waals surface area (Å²) in [5, 5.41) is 10.6. The Hall–Kier alpha value is -1.94. The molecule has 0 fully saturated rings. The van der Waals surface area contributed by atoms with Crippen LogP contribution in [0.3, 0.4) is 0 Å². The molecule has 0 saturated heterocycles. The highest BCUT2D eigenvalue weighted by Crippen LogP contribution is 2.45. The number of carbonyl (C=O) groups excluding carboxylic acids is 4. The maximum atomic E-state index is 13.0. The van der Waals surface area contributed by atoms with Gasteiger partial charge in [-0.15, -0.1) is 0 Å². The Morgan fingerprint density at radius 1 is 0.264 bits per heavy atom. The minimum atomic E-state index is -4.95. The van der Waals surface area contributed by atoms with Gasteiger partial charge in [-0.25, -0.2) is 9.13 Å². The van der Waals surface area contributed by atoms with Crippen molar-refractivity contribution in [1.82, 2.24) is 0 Å². The topological polar surface area (TPSA) is 237 Å². The van der Waals surface area contributed by atoms with Crippen LogP contribution in [-0.4, -0.2) is 96.7 Å². The third kappa shape index (κ3) is 66.5. The first-order valence-electron chi connectivity index (χ1n) is 37.8. The molecule has 0 heterocycles. The number of unbranched alkanes of at least 4 members (excludes halogenated alkanes) is 47. The molecule has 0 aliphatic heterocycles. The molecule has 0 amide bonds. The molecule has 0 rings (SSSR count). The molecule has 3 N–H and O–H groups in total. The number of aliphatic hydroxyl groups excluding tert-OH is 1. The van der Waals surface area contributed by atoms with Gasteiger partial charge in [0.1, 0.15) is 19.3 Å². The number of phosphoric ester groups is 2. The molecule has 5 atom stereocenters. The van der Waals surface area contributed by atoms with Crippen LogP contribution in [0.2, 0.25) is 0 Å². The maximum absolute atomic E-state index is 13.0. The molecule has 540 valence electrons. The van der Waals surface area contributed by atoms with Crippen LogP contribution >= 0.6 is 15.6 Å².